The van der Waals surface area contributed by atoms with E-state index >= 15 is 0 Å². The molecule has 0 radical (unpaired) electrons. The van der Waals surface area contributed by atoms with Crippen molar-refractivity contribution in [3.8, 4) is 5.88 Å². The number of nitrogens with two attached hydrogens (primary N) is 1. The number of aromatic nitrogens is 2. The maximum Gasteiger partial charge on any atom is 0.223 e. The van der Waals surface area contributed by atoms with E-state index < -0.39 is 0 Å². The topological polar surface area (TPSA) is 90.1 Å². The third-order valence-corrected chi connectivity index (χ3v) is 1.98. The first-order chi connectivity index (χ1) is 8.08. The van der Waals surface area contributed by atoms with E-state index in [0.29, 0.717) is 19.0 Å². The highest BCUT2D eigenvalue weighted by molar-refractivity contribution is 5.75. The second-order valence-electron chi connectivity index (χ2n) is 3.88. The van der Waals surface area contributed by atoms with Gasteiger partial charge in [-0.3, -0.25) is 4.79 Å². The van der Waals surface area contributed by atoms with Crippen LogP contribution in [0.4, 0.5) is 0 Å². The Balaban J connectivity index is 2.21. The highest BCUT2D eigenvalue weighted by Gasteiger charge is 2.03. The Morgan fingerprint density at radius 1 is 1.59 bits per heavy atom. The number of carbonyl (C=O) groups is 1. The van der Waals surface area contributed by atoms with Crippen LogP contribution < -0.4 is 15.8 Å². The molecule has 1 heterocycles. The van der Waals surface area contributed by atoms with Crippen molar-refractivity contribution in [2.45, 2.75) is 26.3 Å². The van der Waals surface area contributed by atoms with Gasteiger partial charge in [0, 0.05) is 24.3 Å². The van der Waals surface area contributed by atoms with Gasteiger partial charge in [0.1, 0.15) is 6.33 Å². The van der Waals surface area contributed by atoms with Crippen LogP contribution >= 0.6 is 0 Å². The fourth-order valence-corrected chi connectivity index (χ4v) is 1.12. The summed E-state index contributed by atoms with van der Waals surface area (Å²) in [5, 5.41) is 2.70. The number of ether oxygens (including phenoxy) is 1. The van der Waals surface area contributed by atoms with E-state index in [-0.39, 0.29) is 18.4 Å². The molecule has 0 saturated heterocycles. The molecule has 1 unspecified atom stereocenters. The van der Waals surface area contributed by atoms with Crippen LogP contribution in [0.1, 0.15) is 19.0 Å². The zero-order valence-electron chi connectivity index (χ0n) is 10.1. The predicted molar refractivity (Wildman–Crippen MR) is 63.5 cm³/mol. The van der Waals surface area contributed by atoms with Gasteiger partial charge in [0.05, 0.1) is 13.0 Å². The van der Waals surface area contributed by atoms with Crippen molar-refractivity contribution in [2.24, 2.45) is 5.73 Å². The number of rotatable bonds is 6. The molecule has 0 spiro atoms. The van der Waals surface area contributed by atoms with Crippen molar-refractivity contribution < 1.29 is 9.53 Å². The Hall–Kier alpha value is -1.69. The van der Waals surface area contributed by atoms with E-state index in [1.807, 2.05) is 13.8 Å². The average Bonchev–Trinajstić information content (AvgIpc) is 2.26. The Morgan fingerprint density at radius 2 is 2.35 bits per heavy atom. The van der Waals surface area contributed by atoms with E-state index in [0.717, 1.165) is 5.69 Å². The van der Waals surface area contributed by atoms with Crippen LogP contribution in [0.2, 0.25) is 0 Å². The van der Waals surface area contributed by atoms with Gasteiger partial charge in [0.2, 0.25) is 11.8 Å². The second-order valence-corrected chi connectivity index (χ2v) is 3.88. The molecule has 0 saturated carbocycles. The van der Waals surface area contributed by atoms with Crippen LogP contribution in [0.15, 0.2) is 12.4 Å². The minimum Gasteiger partial charge on any atom is -0.477 e. The van der Waals surface area contributed by atoms with Crippen molar-refractivity contribution >= 4 is 5.91 Å². The van der Waals surface area contributed by atoms with Gasteiger partial charge in [-0.25, -0.2) is 9.97 Å². The van der Waals surface area contributed by atoms with Crippen LogP contribution in [-0.4, -0.2) is 35.1 Å². The van der Waals surface area contributed by atoms with Crippen molar-refractivity contribution in [2.75, 3.05) is 13.2 Å². The minimum absolute atomic E-state index is 0.0376. The van der Waals surface area contributed by atoms with E-state index in [2.05, 4.69) is 15.3 Å². The molecule has 6 heteroatoms. The summed E-state index contributed by atoms with van der Waals surface area (Å²) in [7, 11) is 0. The lowest BCUT2D eigenvalue weighted by Crippen LogP contribution is -2.35. The molecule has 94 valence electrons. The van der Waals surface area contributed by atoms with Gasteiger partial charge >= 0.3 is 0 Å². The summed E-state index contributed by atoms with van der Waals surface area (Å²) in [4.78, 5) is 19.2. The molecule has 1 aromatic heterocycles. The summed E-state index contributed by atoms with van der Waals surface area (Å²) in [6, 6.07) is 1.68. The molecule has 1 amide bonds. The van der Waals surface area contributed by atoms with Gasteiger partial charge in [0.15, 0.2) is 0 Å². The molecular weight excluding hydrogens is 220 g/mol. The average molecular weight is 238 g/mol. The maximum absolute atomic E-state index is 11.3. The molecule has 0 aromatic carbocycles. The zero-order valence-corrected chi connectivity index (χ0v) is 10.1. The first kappa shape index (κ1) is 13.4. The molecule has 0 fully saturated rings. The molecule has 0 aliphatic heterocycles. The van der Waals surface area contributed by atoms with Gasteiger partial charge in [-0.05, 0) is 13.8 Å². The number of aryl methyl sites for hydroxylation is 1. The lowest BCUT2D eigenvalue weighted by Gasteiger charge is -2.08. The fourth-order valence-electron chi connectivity index (χ4n) is 1.12. The Kier molecular flexibility index (Phi) is 5.35. The smallest absolute Gasteiger partial charge is 0.223 e. The molecule has 0 bridgehead atoms. The summed E-state index contributed by atoms with van der Waals surface area (Å²) < 4.78 is 5.32. The van der Waals surface area contributed by atoms with Gasteiger partial charge in [-0.1, -0.05) is 0 Å². The Bertz CT molecular complexity index is 368. The van der Waals surface area contributed by atoms with Crippen LogP contribution in [-0.2, 0) is 4.79 Å². The fraction of sp³-hybridized carbons (Fsp3) is 0.545. The quantitative estimate of drug-likeness (QED) is 0.729. The molecule has 3 N–H and O–H groups in total. The number of hydrogen-bond acceptors (Lipinski definition) is 5. The minimum atomic E-state index is -0.0759. The molecule has 17 heavy (non-hydrogen) atoms. The van der Waals surface area contributed by atoms with Gasteiger partial charge < -0.3 is 15.8 Å². The molecule has 0 aliphatic rings. The Labute approximate surface area is 101 Å². The standard InChI is InChI=1S/C11H18N4O2/c1-8(12)6-13-10(16)3-4-17-11-5-9(2)14-7-15-11/h5,7-8H,3-4,6,12H2,1-2H3,(H,13,16). The van der Waals surface area contributed by atoms with Gasteiger partial charge in [-0.2, -0.15) is 0 Å². The summed E-state index contributed by atoms with van der Waals surface area (Å²) >= 11 is 0. The molecule has 6 nitrogen and oxygen atoms in total. The first-order valence-electron chi connectivity index (χ1n) is 5.51. The van der Waals surface area contributed by atoms with Gasteiger partial charge in [-0.15, -0.1) is 0 Å². The molecule has 1 rings (SSSR count). The zero-order chi connectivity index (χ0) is 12.7. The van der Waals surface area contributed by atoms with Crippen molar-refractivity contribution in [3.05, 3.63) is 18.1 Å². The molecular formula is C11H18N4O2. The third kappa shape index (κ3) is 5.82. The maximum atomic E-state index is 11.3. The van der Waals surface area contributed by atoms with Crippen LogP contribution in [0.5, 0.6) is 5.88 Å². The lowest BCUT2D eigenvalue weighted by atomic mass is 10.3. The van der Waals surface area contributed by atoms with Gasteiger partial charge in [0.25, 0.3) is 0 Å². The van der Waals surface area contributed by atoms with Crippen molar-refractivity contribution in [3.63, 3.8) is 0 Å². The number of amides is 1. The van der Waals surface area contributed by atoms with Crippen LogP contribution in [0.25, 0.3) is 0 Å². The van der Waals surface area contributed by atoms with E-state index in [4.69, 9.17) is 10.5 Å². The van der Waals surface area contributed by atoms with Crippen LogP contribution in [0.3, 0.4) is 0 Å². The SMILES string of the molecule is Cc1cc(OCCC(=O)NCC(C)N)ncn1. The molecule has 1 aromatic rings. The highest BCUT2D eigenvalue weighted by Crippen LogP contribution is 2.05. The molecule has 1 atom stereocenters. The van der Waals surface area contributed by atoms with Crippen LogP contribution in [0, 0.1) is 6.92 Å². The number of hydrogen-bond donors (Lipinski definition) is 2. The summed E-state index contributed by atoms with van der Waals surface area (Å²) in [5.74, 6) is 0.408. The Morgan fingerprint density at radius 3 is 3.00 bits per heavy atom. The number of nitrogens with one attached hydrogen (secondary N) is 1. The van der Waals surface area contributed by atoms with E-state index in [1.54, 1.807) is 6.07 Å². The number of carbonyl (C=O) groups excluding carboxylic acids is 1. The third-order valence-electron chi connectivity index (χ3n) is 1.98. The van der Waals surface area contributed by atoms with Crippen molar-refractivity contribution in [1.82, 2.24) is 15.3 Å². The first-order valence-corrected chi connectivity index (χ1v) is 5.51. The summed E-state index contributed by atoms with van der Waals surface area (Å²) in [5.41, 5.74) is 6.34. The lowest BCUT2D eigenvalue weighted by molar-refractivity contribution is -0.121. The number of nitrogens with zero attached hydrogens (tertiary/aromatic N) is 2. The van der Waals surface area contributed by atoms with E-state index in [1.165, 1.54) is 6.33 Å². The van der Waals surface area contributed by atoms with Crippen molar-refractivity contribution in [1.29, 1.82) is 0 Å². The monoisotopic (exact) mass is 238 g/mol. The summed E-state index contributed by atoms with van der Waals surface area (Å²) in [6.45, 7) is 4.46. The second kappa shape index (κ2) is 6.80. The molecule has 0 aliphatic carbocycles. The van der Waals surface area contributed by atoms with E-state index in [9.17, 15) is 4.79 Å². The normalized spacial score (nSPS) is 11.9. The predicted octanol–water partition coefficient (Wildman–Crippen LogP) is 0.0173. The summed E-state index contributed by atoms with van der Waals surface area (Å²) in [6.07, 6.45) is 1.72. The highest BCUT2D eigenvalue weighted by atomic mass is 16.5. The largest absolute Gasteiger partial charge is 0.477 e.